The zero-order valence-electron chi connectivity index (χ0n) is 10.5. The summed E-state index contributed by atoms with van der Waals surface area (Å²) in [5.74, 6) is 0.462. The van der Waals surface area contributed by atoms with Crippen LogP contribution in [0.15, 0.2) is 30.3 Å². The van der Waals surface area contributed by atoms with E-state index in [1.54, 1.807) is 6.08 Å². The molecule has 0 heterocycles. The van der Waals surface area contributed by atoms with Crippen molar-refractivity contribution in [3.63, 3.8) is 0 Å². The lowest BCUT2D eigenvalue weighted by Gasteiger charge is -2.02. The normalized spacial score (nSPS) is 10.6. The molecule has 0 radical (unpaired) electrons. The van der Waals surface area contributed by atoms with Crippen molar-refractivity contribution in [1.82, 2.24) is 5.48 Å². The van der Waals surface area contributed by atoms with Gasteiger partial charge in [-0.25, -0.2) is 10.3 Å². The standard InChI is InChI=1S/C13H17NO4/c1-3-17-12-7-4-11(5-8-12)6-9-13(15)14-18-10-16-2/h4-9H,3,10H2,1-2H3,(H,14,15)/b9-6+. The summed E-state index contributed by atoms with van der Waals surface area (Å²) in [4.78, 5) is 15.9. The summed E-state index contributed by atoms with van der Waals surface area (Å²) in [5.41, 5.74) is 3.11. The summed E-state index contributed by atoms with van der Waals surface area (Å²) in [6, 6.07) is 7.43. The summed E-state index contributed by atoms with van der Waals surface area (Å²) in [6.07, 6.45) is 3.06. The van der Waals surface area contributed by atoms with Crippen molar-refractivity contribution in [3.05, 3.63) is 35.9 Å². The molecule has 0 aliphatic heterocycles. The first kappa shape index (κ1) is 14.2. The number of carbonyl (C=O) groups excluding carboxylic acids is 1. The molecule has 0 unspecified atom stereocenters. The van der Waals surface area contributed by atoms with E-state index in [-0.39, 0.29) is 12.7 Å². The Kier molecular flexibility index (Phi) is 6.53. The molecule has 0 aromatic heterocycles. The maximum atomic E-state index is 11.3. The van der Waals surface area contributed by atoms with Crippen molar-refractivity contribution in [2.75, 3.05) is 20.5 Å². The molecule has 0 aliphatic rings. The fourth-order valence-corrected chi connectivity index (χ4v) is 1.21. The van der Waals surface area contributed by atoms with Gasteiger partial charge in [-0.05, 0) is 30.7 Å². The van der Waals surface area contributed by atoms with E-state index in [9.17, 15) is 4.79 Å². The minimum absolute atomic E-state index is 0.0165. The second kappa shape index (κ2) is 8.27. The lowest BCUT2D eigenvalue weighted by Crippen LogP contribution is -2.22. The summed E-state index contributed by atoms with van der Waals surface area (Å²) in [7, 11) is 1.47. The molecule has 5 nitrogen and oxygen atoms in total. The molecule has 5 heteroatoms. The molecule has 1 amide bonds. The Labute approximate surface area is 106 Å². The molecule has 0 saturated heterocycles. The second-order valence-corrected chi connectivity index (χ2v) is 3.35. The monoisotopic (exact) mass is 251 g/mol. The van der Waals surface area contributed by atoms with Gasteiger partial charge in [0.2, 0.25) is 0 Å². The molecule has 0 spiro atoms. The van der Waals surface area contributed by atoms with Crippen LogP contribution >= 0.6 is 0 Å². The van der Waals surface area contributed by atoms with Crippen molar-refractivity contribution >= 4 is 12.0 Å². The van der Waals surface area contributed by atoms with E-state index in [4.69, 9.17) is 9.57 Å². The van der Waals surface area contributed by atoms with E-state index in [0.717, 1.165) is 11.3 Å². The van der Waals surface area contributed by atoms with E-state index < -0.39 is 0 Å². The predicted molar refractivity (Wildman–Crippen MR) is 67.7 cm³/mol. The van der Waals surface area contributed by atoms with Crippen LogP contribution < -0.4 is 10.2 Å². The van der Waals surface area contributed by atoms with E-state index in [1.165, 1.54) is 13.2 Å². The highest BCUT2D eigenvalue weighted by molar-refractivity contribution is 5.90. The van der Waals surface area contributed by atoms with E-state index >= 15 is 0 Å². The Hall–Kier alpha value is -1.85. The highest BCUT2D eigenvalue weighted by atomic mass is 16.8. The van der Waals surface area contributed by atoms with Crippen LogP contribution in [0.25, 0.3) is 6.08 Å². The first-order valence-electron chi connectivity index (χ1n) is 5.58. The van der Waals surface area contributed by atoms with Gasteiger partial charge in [-0.15, -0.1) is 0 Å². The smallest absolute Gasteiger partial charge is 0.267 e. The number of nitrogens with one attached hydrogen (secondary N) is 1. The summed E-state index contributed by atoms with van der Waals surface area (Å²) >= 11 is 0. The first-order chi connectivity index (χ1) is 8.76. The van der Waals surface area contributed by atoms with Gasteiger partial charge >= 0.3 is 0 Å². The molecule has 0 saturated carbocycles. The highest BCUT2D eigenvalue weighted by Crippen LogP contribution is 2.12. The molecule has 18 heavy (non-hydrogen) atoms. The van der Waals surface area contributed by atoms with E-state index in [0.29, 0.717) is 6.61 Å². The fraction of sp³-hybridized carbons (Fsp3) is 0.308. The Bertz CT molecular complexity index is 386. The van der Waals surface area contributed by atoms with Crippen LogP contribution in [0.1, 0.15) is 12.5 Å². The largest absolute Gasteiger partial charge is 0.494 e. The molecule has 0 aliphatic carbocycles. The topological polar surface area (TPSA) is 56.8 Å². The highest BCUT2D eigenvalue weighted by Gasteiger charge is 1.95. The van der Waals surface area contributed by atoms with Crippen molar-refractivity contribution in [2.24, 2.45) is 0 Å². The van der Waals surface area contributed by atoms with Gasteiger partial charge in [0.1, 0.15) is 5.75 Å². The second-order valence-electron chi connectivity index (χ2n) is 3.35. The van der Waals surface area contributed by atoms with E-state index in [2.05, 4.69) is 10.2 Å². The summed E-state index contributed by atoms with van der Waals surface area (Å²) in [5, 5.41) is 0. The number of methoxy groups -OCH3 is 1. The van der Waals surface area contributed by atoms with Gasteiger partial charge in [0, 0.05) is 13.2 Å². The Morgan fingerprint density at radius 2 is 2.06 bits per heavy atom. The minimum atomic E-state index is -0.346. The lowest BCUT2D eigenvalue weighted by molar-refractivity contribution is -0.139. The number of ether oxygens (including phenoxy) is 2. The fourth-order valence-electron chi connectivity index (χ4n) is 1.21. The van der Waals surface area contributed by atoms with Gasteiger partial charge in [-0.1, -0.05) is 12.1 Å². The van der Waals surface area contributed by atoms with Gasteiger partial charge < -0.3 is 9.47 Å². The molecule has 1 rings (SSSR count). The van der Waals surface area contributed by atoms with Gasteiger partial charge in [-0.3, -0.25) is 4.79 Å². The van der Waals surface area contributed by atoms with Crippen LogP contribution in [-0.2, 0) is 14.4 Å². The molecule has 1 aromatic carbocycles. The number of hydrogen-bond donors (Lipinski definition) is 1. The van der Waals surface area contributed by atoms with Crippen LogP contribution in [0, 0.1) is 0 Å². The van der Waals surface area contributed by atoms with Crippen LogP contribution in [0.4, 0.5) is 0 Å². The quantitative estimate of drug-likeness (QED) is 0.347. The average molecular weight is 251 g/mol. The number of hydroxylamine groups is 1. The molecule has 1 N–H and O–H groups in total. The predicted octanol–water partition coefficient (Wildman–Crippen LogP) is 1.75. The minimum Gasteiger partial charge on any atom is -0.494 e. The van der Waals surface area contributed by atoms with Gasteiger partial charge in [0.05, 0.1) is 6.61 Å². The maximum absolute atomic E-state index is 11.3. The molecule has 0 bridgehead atoms. The third-order valence-corrected chi connectivity index (χ3v) is 1.97. The van der Waals surface area contributed by atoms with Crippen molar-refractivity contribution < 1.29 is 19.1 Å². The number of benzene rings is 1. The first-order valence-corrected chi connectivity index (χ1v) is 5.58. The number of rotatable bonds is 7. The summed E-state index contributed by atoms with van der Waals surface area (Å²) < 4.78 is 9.93. The maximum Gasteiger partial charge on any atom is 0.267 e. The van der Waals surface area contributed by atoms with Crippen molar-refractivity contribution in [1.29, 1.82) is 0 Å². The molecular weight excluding hydrogens is 234 g/mol. The van der Waals surface area contributed by atoms with Gasteiger partial charge in [-0.2, -0.15) is 0 Å². The zero-order valence-corrected chi connectivity index (χ0v) is 10.5. The lowest BCUT2D eigenvalue weighted by atomic mass is 10.2. The van der Waals surface area contributed by atoms with Crippen molar-refractivity contribution in [3.8, 4) is 5.75 Å². The SMILES string of the molecule is CCOc1ccc(/C=C/C(=O)NOCOC)cc1. The third-order valence-electron chi connectivity index (χ3n) is 1.97. The average Bonchev–Trinajstić information content (AvgIpc) is 2.39. The molecular formula is C13H17NO4. The van der Waals surface area contributed by atoms with Crippen LogP contribution in [0.2, 0.25) is 0 Å². The Morgan fingerprint density at radius 3 is 2.67 bits per heavy atom. The van der Waals surface area contributed by atoms with Crippen LogP contribution in [0.3, 0.4) is 0 Å². The van der Waals surface area contributed by atoms with Crippen LogP contribution in [-0.4, -0.2) is 26.4 Å². The van der Waals surface area contributed by atoms with E-state index in [1.807, 2.05) is 31.2 Å². The van der Waals surface area contributed by atoms with Crippen molar-refractivity contribution in [2.45, 2.75) is 6.92 Å². The Morgan fingerprint density at radius 1 is 1.33 bits per heavy atom. The summed E-state index contributed by atoms with van der Waals surface area (Å²) in [6.45, 7) is 2.58. The molecule has 0 fully saturated rings. The molecule has 0 atom stereocenters. The van der Waals surface area contributed by atoms with Crippen LogP contribution in [0.5, 0.6) is 5.75 Å². The molecule has 1 aromatic rings. The number of carbonyl (C=O) groups is 1. The Balaban J connectivity index is 2.43. The number of hydrogen-bond acceptors (Lipinski definition) is 4. The molecule has 98 valence electrons. The third kappa shape index (κ3) is 5.47. The zero-order chi connectivity index (χ0) is 13.2. The number of amides is 1. The van der Waals surface area contributed by atoms with Gasteiger partial charge in [0.15, 0.2) is 6.79 Å². The van der Waals surface area contributed by atoms with Gasteiger partial charge in [0.25, 0.3) is 5.91 Å².